The second-order valence-electron chi connectivity index (χ2n) is 19.2. The Labute approximate surface area is 449 Å². The summed E-state index contributed by atoms with van der Waals surface area (Å²) in [4.78, 5) is 38.2. The normalized spacial score (nSPS) is 13.1. The molecule has 0 aromatic carbocycles. The molecular weight excluding hydrogens is 901 g/mol. The molecule has 1 atom stereocenters. The van der Waals surface area contributed by atoms with Gasteiger partial charge in [0.1, 0.15) is 13.2 Å². The van der Waals surface area contributed by atoms with Gasteiger partial charge >= 0.3 is 17.9 Å². The number of allylic oxidation sites excluding steroid dienone is 22. The monoisotopic (exact) mass is 1010 g/mol. The summed E-state index contributed by atoms with van der Waals surface area (Å²) in [5.74, 6) is -1.08. The molecule has 0 aliphatic carbocycles. The van der Waals surface area contributed by atoms with Crippen molar-refractivity contribution in [3.63, 3.8) is 0 Å². The van der Waals surface area contributed by atoms with Crippen LogP contribution in [0.5, 0.6) is 0 Å². The van der Waals surface area contributed by atoms with Crippen molar-refractivity contribution in [3.8, 4) is 0 Å². The molecule has 6 nitrogen and oxygen atoms in total. The summed E-state index contributed by atoms with van der Waals surface area (Å²) < 4.78 is 16.8. The van der Waals surface area contributed by atoms with Gasteiger partial charge in [-0.3, -0.25) is 14.4 Å². The van der Waals surface area contributed by atoms with E-state index in [9.17, 15) is 14.4 Å². The molecular formula is C67H108O6. The van der Waals surface area contributed by atoms with Crippen LogP contribution in [0.3, 0.4) is 0 Å². The lowest BCUT2D eigenvalue weighted by Gasteiger charge is -2.18. The molecule has 0 amide bonds. The van der Waals surface area contributed by atoms with E-state index in [1.54, 1.807) is 0 Å². The summed E-state index contributed by atoms with van der Waals surface area (Å²) in [6, 6.07) is 0. The van der Waals surface area contributed by atoms with E-state index in [0.717, 1.165) is 83.5 Å². The molecule has 412 valence electrons. The van der Waals surface area contributed by atoms with E-state index in [2.05, 4.69) is 142 Å². The van der Waals surface area contributed by atoms with Gasteiger partial charge in [0.25, 0.3) is 0 Å². The van der Waals surface area contributed by atoms with E-state index in [0.29, 0.717) is 19.3 Å². The highest BCUT2D eigenvalue weighted by atomic mass is 16.6. The van der Waals surface area contributed by atoms with Crippen LogP contribution in [0.2, 0.25) is 0 Å². The lowest BCUT2D eigenvalue weighted by molar-refractivity contribution is -0.166. The maximum atomic E-state index is 12.8. The summed E-state index contributed by atoms with van der Waals surface area (Å²) in [7, 11) is 0. The first-order chi connectivity index (χ1) is 36.0. The quantitative estimate of drug-likeness (QED) is 0.0261. The number of hydrogen-bond donors (Lipinski definition) is 0. The van der Waals surface area contributed by atoms with Crippen molar-refractivity contribution in [2.24, 2.45) is 0 Å². The van der Waals surface area contributed by atoms with E-state index in [4.69, 9.17) is 14.2 Å². The van der Waals surface area contributed by atoms with Crippen molar-refractivity contribution in [1.29, 1.82) is 0 Å². The Bertz CT molecular complexity index is 1580. The highest BCUT2D eigenvalue weighted by Crippen LogP contribution is 2.14. The molecule has 73 heavy (non-hydrogen) atoms. The zero-order valence-electron chi connectivity index (χ0n) is 47.1. The topological polar surface area (TPSA) is 78.9 Å². The van der Waals surface area contributed by atoms with Crippen LogP contribution in [0.4, 0.5) is 0 Å². The first-order valence-corrected chi connectivity index (χ1v) is 29.7. The Hall–Kier alpha value is -4.45. The average Bonchev–Trinajstić information content (AvgIpc) is 3.39. The number of carbonyl (C=O) groups excluding carboxylic acids is 3. The Morgan fingerprint density at radius 2 is 0.575 bits per heavy atom. The molecule has 0 radical (unpaired) electrons. The summed E-state index contributed by atoms with van der Waals surface area (Å²) in [5, 5.41) is 0. The van der Waals surface area contributed by atoms with Crippen molar-refractivity contribution >= 4 is 17.9 Å². The van der Waals surface area contributed by atoms with Gasteiger partial charge in [-0.25, -0.2) is 0 Å². The van der Waals surface area contributed by atoms with E-state index in [1.165, 1.54) is 116 Å². The summed E-state index contributed by atoms with van der Waals surface area (Å²) >= 11 is 0. The molecule has 0 aromatic heterocycles. The largest absolute Gasteiger partial charge is 0.462 e. The molecule has 0 aromatic rings. The van der Waals surface area contributed by atoms with Crippen molar-refractivity contribution in [3.05, 3.63) is 134 Å². The molecule has 0 fully saturated rings. The molecule has 0 aliphatic heterocycles. The molecule has 0 unspecified atom stereocenters. The first-order valence-electron chi connectivity index (χ1n) is 29.7. The fraction of sp³-hybridized carbons (Fsp3) is 0.627. The molecule has 0 heterocycles. The highest BCUT2D eigenvalue weighted by Gasteiger charge is 2.19. The second-order valence-corrected chi connectivity index (χ2v) is 19.2. The minimum atomic E-state index is -0.847. The van der Waals surface area contributed by atoms with Gasteiger partial charge in [0.05, 0.1) is 0 Å². The second kappa shape index (κ2) is 60.1. The van der Waals surface area contributed by atoms with Crippen LogP contribution >= 0.6 is 0 Å². The van der Waals surface area contributed by atoms with Crippen molar-refractivity contribution in [2.45, 2.75) is 258 Å². The zero-order valence-corrected chi connectivity index (χ0v) is 47.1. The van der Waals surface area contributed by atoms with E-state index < -0.39 is 12.1 Å². The number of carbonyl (C=O) groups is 3. The fourth-order valence-electron chi connectivity index (χ4n) is 7.69. The number of unbranched alkanes of at least 4 members (excludes halogenated alkanes) is 19. The standard InChI is InChI=1S/C67H108O6/c1-4-7-10-13-16-19-22-25-28-31-33-36-39-42-45-48-51-54-57-60-66(69)72-63-64(62-71-65(68)59-56-53-50-47-44-41-38-35-30-27-24-21-18-15-12-9-6-3)73-67(70)61-58-55-52-49-46-43-40-37-34-32-29-26-23-20-17-14-11-8-5-2/h8,11,17-18,20-21,25-30,34,37-38,41,43,46-47,50,52,55,64H,4-7,9-10,12-16,19,22-24,31-33,35-36,39-40,42,44-45,48-49,51,53-54,56-63H2,1-3H3/b11-8-,20-17-,21-18-,28-25-,29-26-,30-27-,37-34-,41-38-,46-43-,50-47-,55-52-/t64-/m1/s1. The van der Waals surface area contributed by atoms with Gasteiger partial charge in [0, 0.05) is 19.3 Å². The summed E-state index contributed by atoms with van der Waals surface area (Å²) in [6.45, 7) is 6.38. The van der Waals surface area contributed by atoms with Crippen molar-refractivity contribution in [1.82, 2.24) is 0 Å². The van der Waals surface area contributed by atoms with Gasteiger partial charge in [0.2, 0.25) is 0 Å². The highest BCUT2D eigenvalue weighted by molar-refractivity contribution is 5.71. The number of esters is 3. The van der Waals surface area contributed by atoms with Crippen molar-refractivity contribution < 1.29 is 28.6 Å². The molecule has 0 saturated heterocycles. The Morgan fingerprint density at radius 1 is 0.288 bits per heavy atom. The van der Waals surface area contributed by atoms with E-state index >= 15 is 0 Å². The van der Waals surface area contributed by atoms with Gasteiger partial charge in [-0.15, -0.1) is 0 Å². The molecule has 0 aliphatic rings. The van der Waals surface area contributed by atoms with Gasteiger partial charge in [-0.05, 0) is 122 Å². The van der Waals surface area contributed by atoms with Gasteiger partial charge in [-0.1, -0.05) is 244 Å². The molecule has 0 rings (SSSR count). The smallest absolute Gasteiger partial charge is 0.306 e. The Kier molecular flexibility index (Phi) is 56.4. The average molecular weight is 1010 g/mol. The molecule has 0 bridgehead atoms. The van der Waals surface area contributed by atoms with Gasteiger partial charge in [0.15, 0.2) is 6.10 Å². The van der Waals surface area contributed by atoms with Crippen LogP contribution in [0.1, 0.15) is 252 Å². The number of hydrogen-bond acceptors (Lipinski definition) is 6. The molecule has 0 spiro atoms. The first kappa shape index (κ1) is 68.6. The predicted molar refractivity (Wildman–Crippen MR) is 316 cm³/mol. The van der Waals surface area contributed by atoms with Crippen LogP contribution in [0.25, 0.3) is 0 Å². The maximum absolute atomic E-state index is 12.8. The number of rotatable bonds is 52. The third-order valence-electron chi connectivity index (χ3n) is 12.1. The van der Waals surface area contributed by atoms with Crippen LogP contribution in [0.15, 0.2) is 134 Å². The third kappa shape index (κ3) is 58.3. The zero-order chi connectivity index (χ0) is 52.9. The van der Waals surface area contributed by atoms with Crippen LogP contribution in [-0.2, 0) is 28.6 Å². The minimum absolute atomic E-state index is 0.130. The summed E-state index contributed by atoms with van der Waals surface area (Å²) in [5.41, 5.74) is 0. The molecule has 6 heteroatoms. The summed E-state index contributed by atoms with van der Waals surface area (Å²) in [6.07, 6.45) is 84.6. The van der Waals surface area contributed by atoms with Crippen LogP contribution in [-0.4, -0.2) is 37.2 Å². The third-order valence-corrected chi connectivity index (χ3v) is 12.1. The van der Waals surface area contributed by atoms with Crippen LogP contribution in [0, 0.1) is 0 Å². The van der Waals surface area contributed by atoms with Crippen LogP contribution < -0.4 is 0 Å². The lowest BCUT2D eigenvalue weighted by atomic mass is 10.1. The maximum Gasteiger partial charge on any atom is 0.306 e. The van der Waals surface area contributed by atoms with E-state index in [-0.39, 0.29) is 38.0 Å². The predicted octanol–water partition coefficient (Wildman–Crippen LogP) is 20.2. The van der Waals surface area contributed by atoms with Gasteiger partial charge < -0.3 is 14.2 Å². The minimum Gasteiger partial charge on any atom is -0.462 e. The SMILES string of the molecule is CC/C=C\C/C=C\C/C=C\C/C=C\C/C=C\C/C=C\CCC(=O)O[C@H](COC(=O)CCC/C=C\C/C=C\C/C=C\C/C=C\CCCCC)COC(=O)CCCCCCCCCCC/C=C\CCCCCCCC. The van der Waals surface area contributed by atoms with E-state index in [1.807, 2.05) is 12.2 Å². The van der Waals surface area contributed by atoms with Gasteiger partial charge in [-0.2, -0.15) is 0 Å². The number of ether oxygens (including phenoxy) is 3. The Morgan fingerprint density at radius 3 is 0.986 bits per heavy atom. The Balaban J connectivity index is 4.59. The lowest BCUT2D eigenvalue weighted by Crippen LogP contribution is -2.30. The molecule has 0 N–H and O–H groups in total. The van der Waals surface area contributed by atoms with Crippen molar-refractivity contribution in [2.75, 3.05) is 13.2 Å². The molecule has 0 saturated carbocycles. The fourth-order valence-corrected chi connectivity index (χ4v) is 7.69.